The fourth-order valence-corrected chi connectivity index (χ4v) is 5.98. The van der Waals surface area contributed by atoms with Crippen LogP contribution in [0, 0.1) is 0 Å². The molecule has 59 heavy (non-hydrogen) atoms. The van der Waals surface area contributed by atoms with Gasteiger partial charge in [-0.15, -0.1) is 12.4 Å². The number of aromatic nitrogens is 8. The molecule has 17 nitrogen and oxygen atoms in total. The third-order valence-electron chi connectivity index (χ3n) is 9.07. The lowest BCUT2D eigenvalue weighted by molar-refractivity contribution is -0.683. The lowest BCUT2D eigenvalue weighted by Gasteiger charge is -2.03. The Kier molecular flexibility index (Phi) is 32.6. The average molecular weight is 998 g/mol. The highest BCUT2D eigenvalue weighted by molar-refractivity contribution is 5.85. The number of carbonyl (C=O) groups is 1. The number of anilines is 2. The minimum Gasteiger partial charge on any atom is -1.00 e. The molecule has 0 atom stereocenters. The molecule has 0 aliphatic rings. The summed E-state index contributed by atoms with van der Waals surface area (Å²) in [6.07, 6.45) is 24.8. The van der Waals surface area contributed by atoms with Gasteiger partial charge in [-0.25, -0.2) is 27.6 Å². The SMILES string of the molecule is CCCCCCn1ncc(N=Nc2n(CCCNC(C)=O)cc[n+]2CCC)c1N.CCCCCCn1ncc(N=Nc2n(CCC[NH3+])cc[n+]2CCC)c1N.Cl.[Br-].[Br-].[Cl-]. The van der Waals surface area contributed by atoms with Crippen LogP contribution >= 0.6 is 12.4 Å². The van der Waals surface area contributed by atoms with Gasteiger partial charge >= 0.3 is 11.9 Å². The van der Waals surface area contributed by atoms with Crippen LogP contribution in [0.5, 0.6) is 0 Å². The maximum Gasteiger partial charge on any atom is 0.421 e. The number of carbonyl (C=O) groups excluding carboxylic acids is 1. The molecule has 0 aliphatic carbocycles. The number of halogens is 4. The molecule has 21 heteroatoms. The van der Waals surface area contributed by atoms with E-state index in [2.05, 4.69) is 95.5 Å². The van der Waals surface area contributed by atoms with E-state index in [1.165, 1.54) is 45.4 Å². The summed E-state index contributed by atoms with van der Waals surface area (Å²) in [5.41, 5.74) is 17.5. The standard InChI is InChI=1S/C20H34N8O.C18H32N8.2BrH.2ClH/c1-4-6-7-8-13-28-19(21)18(16-23-28)24-25-20-26(11-5-2)14-15-27(20)12-9-10-22-17(3)29;1-3-5-6-7-12-26-17(20)16(15-21-26)22-23-18-24(10-4-2)13-14-25(18)11-8-9-19;;;;/h14-16,21H,4-13H2,1-3H3,(H,22,29);13-15,20H,3-12,19H2,1-2H3;4*1H. The minimum atomic E-state index is -0.0133. The van der Waals surface area contributed by atoms with E-state index in [4.69, 9.17) is 11.5 Å². The Hall–Kier alpha value is -3.39. The molecule has 8 N–H and O–H groups in total. The number of unbranched alkanes of at least 4 members (excludes halogenated alkanes) is 6. The Morgan fingerprint density at radius 2 is 1.12 bits per heavy atom. The third-order valence-corrected chi connectivity index (χ3v) is 9.07. The first kappa shape index (κ1) is 57.7. The first-order valence-corrected chi connectivity index (χ1v) is 20.4. The number of nitrogen functional groups attached to an aromatic ring is 2. The van der Waals surface area contributed by atoms with Crippen LogP contribution < -0.4 is 78.0 Å². The van der Waals surface area contributed by atoms with Gasteiger partial charge in [0.2, 0.25) is 5.91 Å². The molecule has 0 spiro atoms. The van der Waals surface area contributed by atoms with Crippen LogP contribution in [0.4, 0.5) is 34.9 Å². The number of amides is 1. The summed E-state index contributed by atoms with van der Waals surface area (Å²) in [5.74, 6) is 2.74. The summed E-state index contributed by atoms with van der Waals surface area (Å²) in [6, 6.07) is 0. The molecule has 0 radical (unpaired) electrons. The number of nitrogens with one attached hydrogen (secondary N) is 1. The molecule has 0 saturated carbocycles. The topological polar surface area (TPSA) is 211 Å². The van der Waals surface area contributed by atoms with Crippen molar-refractivity contribution in [1.29, 1.82) is 0 Å². The van der Waals surface area contributed by atoms with Crippen LogP contribution in [0.25, 0.3) is 0 Å². The summed E-state index contributed by atoms with van der Waals surface area (Å²) in [6.45, 7) is 16.8. The molecule has 0 unspecified atom stereocenters. The van der Waals surface area contributed by atoms with E-state index >= 15 is 0 Å². The first-order chi connectivity index (χ1) is 26.8. The fourth-order valence-electron chi connectivity index (χ4n) is 5.98. The quantitative estimate of drug-likeness (QED) is 0.0322. The summed E-state index contributed by atoms with van der Waals surface area (Å²) in [4.78, 5) is 11.0. The summed E-state index contributed by atoms with van der Waals surface area (Å²) < 4.78 is 12.0. The van der Waals surface area contributed by atoms with Crippen molar-refractivity contribution in [2.24, 2.45) is 20.5 Å². The van der Waals surface area contributed by atoms with Crippen molar-refractivity contribution in [3.63, 3.8) is 0 Å². The van der Waals surface area contributed by atoms with E-state index in [1.807, 2.05) is 21.6 Å². The number of nitrogens with two attached hydrogens (primary N) is 2. The number of hydrogen-bond donors (Lipinski definition) is 4. The number of quaternary nitrogens is 1. The van der Waals surface area contributed by atoms with Crippen LogP contribution in [-0.2, 0) is 44.1 Å². The lowest BCUT2D eigenvalue weighted by Crippen LogP contribution is -3.00. The average Bonchev–Trinajstić information content (AvgIpc) is 3.94. The van der Waals surface area contributed by atoms with E-state index in [0.29, 0.717) is 29.6 Å². The van der Waals surface area contributed by atoms with E-state index in [1.54, 1.807) is 17.1 Å². The second-order valence-electron chi connectivity index (χ2n) is 13.8. The zero-order valence-electron chi connectivity index (χ0n) is 35.8. The van der Waals surface area contributed by atoms with E-state index in [9.17, 15) is 4.79 Å². The molecular weight excluding hydrogens is 927 g/mol. The Morgan fingerprint density at radius 3 is 1.51 bits per heavy atom. The Morgan fingerprint density at radius 1 is 0.678 bits per heavy atom. The predicted molar refractivity (Wildman–Crippen MR) is 223 cm³/mol. The maximum absolute atomic E-state index is 11.0. The lowest BCUT2D eigenvalue weighted by atomic mass is 10.2. The molecular formula is C38H70Br2Cl2N16O. The van der Waals surface area contributed by atoms with E-state index < -0.39 is 0 Å². The fraction of sp³-hybridized carbons (Fsp3) is 0.658. The van der Waals surface area contributed by atoms with Gasteiger partial charge < -0.3 is 68.9 Å². The molecule has 0 fully saturated rings. The zero-order valence-corrected chi connectivity index (χ0v) is 40.5. The number of azo groups is 2. The van der Waals surface area contributed by atoms with Gasteiger partial charge in [0.05, 0.1) is 69.9 Å². The van der Waals surface area contributed by atoms with Gasteiger partial charge in [-0.3, -0.25) is 4.79 Å². The molecule has 1 amide bonds. The largest absolute Gasteiger partial charge is 1.00 e. The number of rotatable bonds is 25. The van der Waals surface area contributed by atoms with Crippen LogP contribution in [0.1, 0.15) is 112 Å². The molecule has 0 aliphatic heterocycles. The highest BCUT2D eigenvalue weighted by Gasteiger charge is 2.19. The normalized spacial score (nSPS) is 10.7. The van der Waals surface area contributed by atoms with Crippen molar-refractivity contribution in [2.75, 3.05) is 24.6 Å². The van der Waals surface area contributed by atoms with Crippen molar-refractivity contribution >= 4 is 53.2 Å². The summed E-state index contributed by atoms with van der Waals surface area (Å²) in [7, 11) is 0. The van der Waals surface area contributed by atoms with Gasteiger partial charge in [-0.2, -0.15) is 10.2 Å². The van der Waals surface area contributed by atoms with Crippen molar-refractivity contribution in [3.8, 4) is 0 Å². The van der Waals surface area contributed by atoms with Crippen molar-refractivity contribution in [3.05, 3.63) is 37.2 Å². The smallest absolute Gasteiger partial charge is 0.421 e. The summed E-state index contributed by atoms with van der Waals surface area (Å²) in [5, 5.41) is 29.3. The van der Waals surface area contributed by atoms with Crippen molar-refractivity contribution in [1.82, 2.24) is 34.0 Å². The molecule has 0 saturated heterocycles. The van der Waals surface area contributed by atoms with Gasteiger partial charge in [-0.1, -0.05) is 76.4 Å². The van der Waals surface area contributed by atoms with Crippen molar-refractivity contribution < 1.29 is 66.0 Å². The number of aryl methyl sites for hydroxylation is 6. The third kappa shape index (κ3) is 19.7. The van der Waals surface area contributed by atoms with Crippen LogP contribution in [0.3, 0.4) is 0 Å². The molecule has 336 valence electrons. The predicted octanol–water partition coefficient (Wildman–Crippen LogP) is -2.49. The van der Waals surface area contributed by atoms with Gasteiger partial charge in [0, 0.05) is 43.2 Å². The Labute approximate surface area is 384 Å². The molecule has 0 bridgehead atoms. The monoisotopic (exact) mass is 994 g/mol. The maximum atomic E-state index is 11.0. The first-order valence-electron chi connectivity index (χ1n) is 20.4. The van der Waals surface area contributed by atoms with Crippen molar-refractivity contribution in [2.45, 2.75) is 151 Å². The molecule has 4 rings (SSSR count). The molecule has 0 aromatic carbocycles. The number of imidazole rings is 2. The summed E-state index contributed by atoms with van der Waals surface area (Å²) >= 11 is 0. The minimum absolute atomic E-state index is 0. The number of nitrogens with zero attached hydrogens (tertiary/aromatic N) is 12. The van der Waals surface area contributed by atoms with Gasteiger partial charge in [0.1, 0.15) is 0 Å². The highest BCUT2D eigenvalue weighted by Crippen LogP contribution is 2.25. The van der Waals surface area contributed by atoms with Crippen LogP contribution in [-0.4, -0.2) is 47.7 Å². The highest BCUT2D eigenvalue weighted by atomic mass is 79.9. The van der Waals surface area contributed by atoms with Gasteiger partial charge in [0.15, 0.2) is 23.0 Å². The second kappa shape index (κ2) is 33.3. The molecule has 4 aromatic heterocycles. The Bertz CT molecular complexity index is 1750. The van der Waals surface area contributed by atoms with E-state index in [-0.39, 0.29) is 64.7 Å². The molecule has 4 heterocycles. The second-order valence-corrected chi connectivity index (χ2v) is 13.8. The number of hydrogen-bond acceptors (Lipinski definition) is 9. The Balaban J connectivity index is 0. The van der Waals surface area contributed by atoms with Gasteiger partial charge in [0.25, 0.3) is 0 Å². The van der Waals surface area contributed by atoms with Gasteiger partial charge in [-0.05, 0) is 32.1 Å². The van der Waals surface area contributed by atoms with Crippen LogP contribution in [0.15, 0.2) is 57.6 Å². The van der Waals surface area contributed by atoms with E-state index in [0.717, 1.165) is 96.2 Å². The molecule has 4 aromatic rings. The zero-order chi connectivity index (χ0) is 39.8. The van der Waals surface area contributed by atoms with Crippen LogP contribution in [0.2, 0.25) is 0 Å².